The van der Waals surface area contributed by atoms with E-state index < -0.39 is 0 Å². The van der Waals surface area contributed by atoms with E-state index in [1.165, 1.54) is 21.2 Å². The average molecular weight is 241 g/mol. The predicted molar refractivity (Wildman–Crippen MR) is 57.7 cm³/mol. The van der Waals surface area contributed by atoms with E-state index in [4.69, 9.17) is 5.11 Å². The minimum atomic E-state index is -0.0673. The smallest absolute Gasteiger partial charge is 0.0614 e. The highest BCUT2D eigenvalue weighted by atomic mass is 79.9. The van der Waals surface area contributed by atoms with Gasteiger partial charge in [-0.15, -0.1) is 0 Å². The first-order valence-corrected chi connectivity index (χ1v) is 5.39. The summed E-state index contributed by atoms with van der Waals surface area (Å²) in [6.07, 6.45) is 7.16. The minimum absolute atomic E-state index is 0.0673. The highest BCUT2D eigenvalue weighted by Gasteiger charge is 2.20. The van der Waals surface area contributed by atoms with Gasteiger partial charge in [0.25, 0.3) is 0 Å². The Morgan fingerprint density at radius 3 is 2.77 bits per heavy atom. The van der Waals surface area contributed by atoms with Crippen LogP contribution in [0.3, 0.4) is 0 Å². The van der Waals surface area contributed by atoms with Crippen molar-refractivity contribution < 1.29 is 5.11 Å². The second-order valence-electron chi connectivity index (χ2n) is 3.80. The van der Waals surface area contributed by atoms with Crippen LogP contribution in [0.2, 0.25) is 0 Å². The molecular weight excluding hydrogens is 228 g/mol. The van der Waals surface area contributed by atoms with Gasteiger partial charge in [0.1, 0.15) is 0 Å². The van der Waals surface area contributed by atoms with Crippen molar-refractivity contribution in [1.29, 1.82) is 0 Å². The van der Waals surface area contributed by atoms with Crippen molar-refractivity contribution in [2.24, 2.45) is 0 Å². The fraction of sp³-hybridized carbons (Fsp3) is 0.455. The molecule has 0 aromatic heterocycles. The largest absolute Gasteiger partial charge is 0.392 e. The molecule has 0 bridgehead atoms. The Hall–Kier alpha value is -0.340. The maximum Gasteiger partial charge on any atom is 0.0614 e. The Labute approximate surface area is 87.0 Å². The number of halogens is 1. The quantitative estimate of drug-likeness (QED) is 0.736. The first-order valence-electron chi connectivity index (χ1n) is 4.60. The summed E-state index contributed by atoms with van der Waals surface area (Å²) >= 11 is 3.53. The lowest BCUT2D eigenvalue weighted by molar-refractivity contribution is 0.135. The topological polar surface area (TPSA) is 20.2 Å². The predicted octanol–water partition coefficient (Wildman–Crippen LogP) is 3.07. The summed E-state index contributed by atoms with van der Waals surface area (Å²) in [7, 11) is 0. The molecule has 1 saturated carbocycles. The van der Waals surface area contributed by atoms with Gasteiger partial charge in [0, 0.05) is 4.48 Å². The van der Waals surface area contributed by atoms with Crippen LogP contribution in [0.25, 0.3) is 0 Å². The van der Waals surface area contributed by atoms with Gasteiger partial charge in [-0.05, 0) is 37.3 Å². The Balaban J connectivity index is 1.85. The standard InChI is InChI=1S/C11H13BrO/c1-7-4-9(11(7)12)3-2-8-5-10(13)6-8/h2,4,10,13H,3,5-6H2,1H3. The first-order chi connectivity index (χ1) is 6.16. The van der Waals surface area contributed by atoms with E-state index in [1.807, 2.05) is 0 Å². The molecule has 70 valence electrons. The molecule has 1 N–H and O–H groups in total. The molecule has 0 amide bonds. The Morgan fingerprint density at radius 2 is 2.31 bits per heavy atom. The van der Waals surface area contributed by atoms with Gasteiger partial charge >= 0.3 is 0 Å². The fourth-order valence-electron chi connectivity index (χ4n) is 1.68. The number of allylic oxidation sites excluding steroid dienone is 5. The average Bonchev–Trinajstić information content (AvgIpc) is 2.07. The molecule has 0 aromatic carbocycles. The molecule has 2 heteroatoms. The van der Waals surface area contributed by atoms with E-state index in [0.29, 0.717) is 0 Å². The second kappa shape index (κ2) is 3.43. The summed E-state index contributed by atoms with van der Waals surface area (Å²) in [5.74, 6) is 0. The molecule has 0 aromatic rings. The molecule has 0 saturated heterocycles. The maximum atomic E-state index is 9.07. The molecule has 0 spiro atoms. The lowest BCUT2D eigenvalue weighted by atomic mass is 9.87. The van der Waals surface area contributed by atoms with Crippen LogP contribution in [0.15, 0.2) is 33.4 Å². The molecular formula is C11H13BrO. The van der Waals surface area contributed by atoms with E-state index in [9.17, 15) is 0 Å². The summed E-state index contributed by atoms with van der Waals surface area (Å²) in [6.45, 7) is 2.10. The van der Waals surface area contributed by atoms with Crippen LogP contribution in [0, 0.1) is 0 Å². The Morgan fingerprint density at radius 1 is 1.62 bits per heavy atom. The van der Waals surface area contributed by atoms with Crippen molar-refractivity contribution in [3.05, 3.63) is 33.4 Å². The Bertz CT molecular complexity index is 315. The van der Waals surface area contributed by atoms with Gasteiger partial charge in [-0.1, -0.05) is 33.7 Å². The molecule has 2 aliphatic carbocycles. The van der Waals surface area contributed by atoms with Crippen molar-refractivity contribution in [3.8, 4) is 0 Å². The van der Waals surface area contributed by atoms with Crippen LogP contribution in [0.1, 0.15) is 26.2 Å². The van der Waals surface area contributed by atoms with Crippen molar-refractivity contribution in [2.45, 2.75) is 32.3 Å². The summed E-state index contributed by atoms with van der Waals surface area (Å²) in [5.41, 5.74) is 4.12. The molecule has 2 rings (SSSR count). The molecule has 0 radical (unpaired) electrons. The van der Waals surface area contributed by atoms with Gasteiger partial charge < -0.3 is 5.11 Å². The highest BCUT2D eigenvalue weighted by Crippen LogP contribution is 2.35. The van der Waals surface area contributed by atoms with Crippen LogP contribution < -0.4 is 0 Å². The van der Waals surface area contributed by atoms with Gasteiger partial charge in [0.05, 0.1) is 6.10 Å². The zero-order valence-corrected chi connectivity index (χ0v) is 9.26. The zero-order chi connectivity index (χ0) is 9.42. The van der Waals surface area contributed by atoms with Crippen molar-refractivity contribution in [3.63, 3.8) is 0 Å². The van der Waals surface area contributed by atoms with Gasteiger partial charge in [-0.25, -0.2) is 0 Å². The molecule has 0 aliphatic heterocycles. The fourth-order valence-corrected chi connectivity index (χ4v) is 2.07. The number of aliphatic hydroxyl groups is 1. The highest BCUT2D eigenvalue weighted by molar-refractivity contribution is 9.12. The summed E-state index contributed by atoms with van der Waals surface area (Å²) in [5, 5.41) is 9.07. The van der Waals surface area contributed by atoms with Crippen molar-refractivity contribution >= 4 is 15.9 Å². The van der Waals surface area contributed by atoms with E-state index in [0.717, 1.165) is 19.3 Å². The van der Waals surface area contributed by atoms with Crippen LogP contribution in [-0.4, -0.2) is 11.2 Å². The minimum Gasteiger partial charge on any atom is -0.392 e. The van der Waals surface area contributed by atoms with Gasteiger partial charge in [-0.3, -0.25) is 0 Å². The van der Waals surface area contributed by atoms with Gasteiger partial charge in [-0.2, -0.15) is 0 Å². The second-order valence-corrected chi connectivity index (χ2v) is 4.59. The maximum absolute atomic E-state index is 9.07. The molecule has 0 unspecified atom stereocenters. The lowest BCUT2D eigenvalue weighted by Crippen LogP contribution is -2.19. The number of rotatable bonds is 2. The van der Waals surface area contributed by atoms with E-state index in [-0.39, 0.29) is 6.10 Å². The van der Waals surface area contributed by atoms with Crippen LogP contribution in [0.4, 0.5) is 0 Å². The molecule has 0 heterocycles. The number of hydrogen-bond acceptors (Lipinski definition) is 1. The van der Waals surface area contributed by atoms with Crippen LogP contribution in [-0.2, 0) is 0 Å². The lowest BCUT2D eigenvalue weighted by Gasteiger charge is -2.24. The summed E-state index contributed by atoms with van der Waals surface area (Å²) in [6, 6.07) is 0. The summed E-state index contributed by atoms with van der Waals surface area (Å²) in [4.78, 5) is 0. The molecule has 0 atom stereocenters. The number of hydrogen-bond donors (Lipinski definition) is 1. The zero-order valence-electron chi connectivity index (χ0n) is 7.68. The number of aliphatic hydroxyl groups excluding tert-OH is 1. The third-order valence-electron chi connectivity index (χ3n) is 2.63. The third-order valence-corrected chi connectivity index (χ3v) is 3.76. The normalized spacial score (nSPS) is 26.5. The summed E-state index contributed by atoms with van der Waals surface area (Å²) < 4.78 is 1.27. The van der Waals surface area contributed by atoms with Gasteiger partial charge in [0.2, 0.25) is 0 Å². The SMILES string of the molecule is CC1=CC(CC=C2CC(O)C2)=C1Br. The van der Waals surface area contributed by atoms with E-state index in [2.05, 4.69) is 35.0 Å². The van der Waals surface area contributed by atoms with E-state index >= 15 is 0 Å². The van der Waals surface area contributed by atoms with Crippen LogP contribution in [0.5, 0.6) is 0 Å². The van der Waals surface area contributed by atoms with Crippen molar-refractivity contribution in [1.82, 2.24) is 0 Å². The molecule has 1 fully saturated rings. The first kappa shape index (κ1) is 9.22. The van der Waals surface area contributed by atoms with Gasteiger partial charge in [0.15, 0.2) is 0 Å². The monoisotopic (exact) mass is 240 g/mol. The van der Waals surface area contributed by atoms with Crippen molar-refractivity contribution in [2.75, 3.05) is 0 Å². The molecule has 13 heavy (non-hydrogen) atoms. The van der Waals surface area contributed by atoms with E-state index in [1.54, 1.807) is 0 Å². The third kappa shape index (κ3) is 1.79. The molecule has 1 nitrogen and oxygen atoms in total. The molecule has 2 aliphatic rings. The Kier molecular flexibility index (Phi) is 2.43. The van der Waals surface area contributed by atoms with Crippen LogP contribution >= 0.6 is 15.9 Å².